The van der Waals surface area contributed by atoms with Crippen LogP contribution in [-0.4, -0.2) is 43.6 Å². The molecule has 0 amide bonds. The first-order valence-corrected chi connectivity index (χ1v) is 52.3. The summed E-state index contributed by atoms with van der Waals surface area (Å²) in [5.41, 5.74) is 20.6. The van der Waals surface area contributed by atoms with Crippen molar-refractivity contribution in [3.8, 4) is 62.0 Å². The Hall–Kier alpha value is -15.7. The largest absolute Gasteiger partial charge is 0.309 e. The Balaban J connectivity index is 0.000000105. The first kappa shape index (κ1) is 78.1. The maximum atomic E-state index is 8.79. The topological polar surface area (TPSA) is 92.1 Å². The molecule has 31 aromatic rings. The summed E-state index contributed by atoms with van der Waals surface area (Å²) in [4.78, 5) is 28.3. The van der Waals surface area contributed by atoms with E-state index in [1.54, 1.807) is 45.3 Å². The highest BCUT2D eigenvalue weighted by Crippen LogP contribution is 2.55. The number of rotatable bonds is 9. The average molecular weight is 1990 g/mol. The Bertz CT molecular complexity index is 11300. The van der Waals surface area contributed by atoms with Crippen LogP contribution < -0.4 is 0 Å². The molecular formula is C124H68Cl3N9S6. The monoisotopic (exact) mass is 1980 g/mol. The van der Waals surface area contributed by atoms with Gasteiger partial charge in [0, 0.05) is 173 Å². The van der Waals surface area contributed by atoms with Crippen LogP contribution in [0.1, 0.15) is 18.0 Å². The van der Waals surface area contributed by atoms with Crippen LogP contribution in [0.15, 0.2) is 389 Å². The molecule has 0 saturated heterocycles. The molecule has 142 heavy (non-hydrogen) atoms. The van der Waals surface area contributed by atoms with Crippen LogP contribution in [0.3, 0.4) is 0 Å². The van der Waals surface area contributed by atoms with Gasteiger partial charge in [0.05, 0.1) is 87.7 Å². The van der Waals surface area contributed by atoms with E-state index in [0.29, 0.717) is 5.56 Å². The van der Waals surface area contributed by atoms with Crippen molar-refractivity contribution in [3.05, 3.63) is 416 Å². The molecular weight excluding hydrogens is 1910 g/mol. The van der Waals surface area contributed by atoms with E-state index in [1.807, 2.05) is 77.3 Å². The maximum Gasteiger partial charge on any atom is 0.223 e. The number of para-hydroxylation sites is 1. The molecule has 0 bridgehead atoms. The molecule has 0 unspecified atom stereocenters. The quantitative estimate of drug-likeness (QED) is 0.134. The van der Waals surface area contributed by atoms with Crippen molar-refractivity contribution < 1.29 is 6.85 Å². The van der Waals surface area contributed by atoms with Gasteiger partial charge in [-0.3, -0.25) is 0 Å². The van der Waals surface area contributed by atoms with Gasteiger partial charge in [0.2, 0.25) is 15.9 Å². The summed E-state index contributed by atoms with van der Waals surface area (Å²) in [6.07, 6.45) is 3.83. The Morgan fingerprint density at radius 1 is 0.232 bits per heavy atom. The third kappa shape index (κ3) is 12.8. The van der Waals surface area contributed by atoms with Crippen LogP contribution in [0.2, 0.25) is 15.9 Å². The fourth-order valence-corrected chi connectivity index (χ4v) is 29.5. The highest BCUT2D eigenvalue weighted by molar-refractivity contribution is 7.29. The van der Waals surface area contributed by atoms with Crippen LogP contribution in [0.5, 0.6) is 0 Å². The number of nitrogens with zero attached hydrogens (tertiary/aromatic N) is 9. The van der Waals surface area contributed by atoms with E-state index in [2.05, 4.69) is 345 Å². The number of benzene rings is 19. The van der Waals surface area contributed by atoms with Crippen LogP contribution in [0, 0.1) is 0 Å². The summed E-state index contributed by atoms with van der Waals surface area (Å²) < 4.78 is 63.8. The number of hydrogen-bond acceptors (Lipinski definition) is 12. The van der Waals surface area contributed by atoms with Gasteiger partial charge >= 0.3 is 0 Å². The van der Waals surface area contributed by atoms with Crippen LogP contribution >= 0.6 is 103 Å². The molecule has 0 radical (unpaired) electrons. The van der Waals surface area contributed by atoms with Gasteiger partial charge in [0.25, 0.3) is 0 Å². The second-order valence-electron chi connectivity index (χ2n) is 35.4. The molecule has 12 heterocycles. The van der Waals surface area contributed by atoms with E-state index >= 15 is 0 Å². The Morgan fingerprint density at radius 2 is 0.585 bits per heavy atom. The molecule has 0 atom stereocenters. The zero-order valence-electron chi connectivity index (χ0n) is 79.6. The molecule has 0 N–H and O–H groups in total. The van der Waals surface area contributed by atoms with Gasteiger partial charge in [0.1, 0.15) is 0 Å². The highest BCUT2D eigenvalue weighted by atomic mass is 35.5. The lowest BCUT2D eigenvalue weighted by atomic mass is 9.98. The smallest absolute Gasteiger partial charge is 0.223 e. The number of aromatic nitrogens is 9. The maximum absolute atomic E-state index is 8.79. The van der Waals surface area contributed by atoms with Gasteiger partial charge in [-0.25, -0.2) is 29.9 Å². The lowest BCUT2D eigenvalue weighted by Gasteiger charge is -2.14. The second kappa shape index (κ2) is 32.7. The minimum atomic E-state index is -0.407. The fraction of sp³-hybridized carbons (Fsp3) is 0. The van der Waals surface area contributed by atoms with E-state index in [1.165, 1.54) is 114 Å². The predicted molar refractivity (Wildman–Crippen MR) is 616 cm³/mol. The second-order valence-corrected chi connectivity index (χ2v) is 42.7. The number of thiophene rings is 6. The summed E-state index contributed by atoms with van der Waals surface area (Å²) in [6, 6.07) is 121. The van der Waals surface area contributed by atoms with Crippen molar-refractivity contribution in [2.45, 2.75) is 0 Å². The average Bonchev–Trinajstić information content (AvgIpc) is 1.50. The van der Waals surface area contributed by atoms with E-state index in [4.69, 9.17) is 56.6 Å². The van der Waals surface area contributed by atoms with Gasteiger partial charge in [-0.2, -0.15) is 0 Å². The van der Waals surface area contributed by atoms with Crippen molar-refractivity contribution in [1.82, 2.24) is 43.6 Å². The Morgan fingerprint density at radius 3 is 1.06 bits per heavy atom. The standard InChI is InChI=1S/C44H24ClN3S2.C42H24ClN3S2.C38H20ClN3S2/c45-44-46-39(43-40(47-44)32-15-7-9-17-36(32)50-43)26-18-21-28(22-19-26)48-34-23-20-27(25-10-2-1-3-11-25)24-33(34)37-29-12-4-5-13-30(29)42-38(41(37)48)31-14-6-8-16-35(31)49-42;1-3-23-17-18-32-31(21-23)35-27-11-5-6-12-28(27)40-36(29-13-7-9-15-33(29)47-40)39(35)46(32)26-20-24(4-2)19-25(22-26)37-41-38(45-42(43)44-37)30-14-8-10-16-34(30)48-41;39-38-40-33(37-34(41-38)27-16-5-8-19-30(27)44-37)21-10-9-11-22(20-21)42-28-17-6-3-14-25(28)31-23-12-1-2-13-24(23)36-32(35(31)42)26-15-4-7-18-29(26)43-36/h1-24H;3-22H,1-2H2;1-20H/i1D,2D,3D,10D,11D;;. The van der Waals surface area contributed by atoms with E-state index in [9.17, 15) is 0 Å². The molecule has 666 valence electrons. The molecule has 0 fully saturated rings. The van der Waals surface area contributed by atoms with Crippen LogP contribution in [-0.2, 0) is 0 Å². The van der Waals surface area contributed by atoms with Gasteiger partial charge in [0.15, 0.2) is 0 Å². The summed E-state index contributed by atoms with van der Waals surface area (Å²) in [5.74, 6) is 0. The third-order valence-corrected chi connectivity index (χ3v) is 35.4. The lowest BCUT2D eigenvalue weighted by molar-refractivity contribution is 1.18. The molecule has 0 aliphatic heterocycles. The first-order chi connectivity index (χ1) is 72.1. The third-order valence-electron chi connectivity index (χ3n) is 27.7. The van der Waals surface area contributed by atoms with Crippen LogP contribution in [0.4, 0.5) is 0 Å². The minimum absolute atomic E-state index is 0.181. The van der Waals surface area contributed by atoms with Gasteiger partial charge in [-0.15, -0.1) is 68.0 Å². The number of fused-ring (bicyclic) bond motifs is 39. The molecule has 9 nitrogen and oxygen atoms in total. The molecule has 19 aromatic carbocycles. The van der Waals surface area contributed by atoms with E-state index < -0.39 is 6.04 Å². The summed E-state index contributed by atoms with van der Waals surface area (Å²) in [6.45, 7) is 8.30. The van der Waals surface area contributed by atoms with Crippen LogP contribution in [0.25, 0.3) is 293 Å². The fourth-order valence-electron chi connectivity index (χ4n) is 21.8. The van der Waals surface area contributed by atoms with Crippen molar-refractivity contribution in [2.75, 3.05) is 0 Å². The predicted octanol–water partition coefficient (Wildman–Crippen LogP) is 38.3. The van der Waals surface area contributed by atoms with Gasteiger partial charge in [-0.1, -0.05) is 292 Å². The molecule has 0 aliphatic carbocycles. The van der Waals surface area contributed by atoms with Crippen molar-refractivity contribution in [2.24, 2.45) is 0 Å². The highest BCUT2D eigenvalue weighted by Gasteiger charge is 2.30. The zero-order valence-corrected chi connectivity index (χ0v) is 81.8. The molecule has 0 aliphatic rings. The van der Waals surface area contributed by atoms with E-state index in [0.717, 1.165) is 167 Å². The van der Waals surface area contributed by atoms with E-state index in [-0.39, 0.29) is 45.6 Å². The number of halogens is 3. The summed E-state index contributed by atoms with van der Waals surface area (Å²) in [5, 5.41) is 25.6. The normalized spacial score (nSPS) is 12.6. The number of hydrogen-bond donors (Lipinski definition) is 0. The SMILES string of the molecule is C=Cc1cc(-c2nc(Cl)nc3c2sc2ccccc23)cc(-n2c3ccc(C=C)cc3c3c4ccccc4c4sc5ccccc5c4c32)c1.Clc1nc(-c2cccc(-n3c4ccccc4c4c5ccccc5c5sc6ccccc6c5c43)c2)c2sc3ccccc3c2n1.[2H]c1c([2H])c([2H])c(-c2ccc3c(c2)c2c4ccccc4c4sc5ccccc5c4c2n3-c2ccc(-c3nc(Cl)nc4c3sc3ccccc34)cc2)c([2H])c1[2H]. The minimum Gasteiger partial charge on any atom is -0.309 e. The molecule has 18 heteroatoms. The molecule has 31 rings (SSSR count). The molecule has 0 spiro atoms. The summed E-state index contributed by atoms with van der Waals surface area (Å²) in [7, 11) is 0. The Labute approximate surface area is 855 Å². The van der Waals surface area contributed by atoms with Gasteiger partial charge < -0.3 is 13.7 Å². The zero-order chi connectivity index (χ0) is 98.3. The molecule has 12 aromatic heterocycles. The summed E-state index contributed by atoms with van der Waals surface area (Å²) >= 11 is 30.4. The molecule has 0 saturated carbocycles. The van der Waals surface area contributed by atoms with Crippen molar-refractivity contribution in [3.63, 3.8) is 0 Å². The van der Waals surface area contributed by atoms with Gasteiger partial charge in [-0.05, 0) is 182 Å². The first-order valence-electron chi connectivity index (χ1n) is 48.7. The van der Waals surface area contributed by atoms with Crippen molar-refractivity contribution >= 4 is 334 Å². The van der Waals surface area contributed by atoms with Crippen molar-refractivity contribution in [1.29, 1.82) is 0 Å². The lowest BCUT2D eigenvalue weighted by Crippen LogP contribution is -1.97. The Kier molecular flexibility index (Phi) is 18.0.